The highest BCUT2D eigenvalue weighted by molar-refractivity contribution is 7.09. The molecule has 1 aliphatic heterocycles. The fourth-order valence-corrected chi connectivity index (χ4v) is 3.66. The normalized spacial score (nSPS) is 21.9. The summed E-state index contributed by atoms with van der Waals surface area (Å²) in [6.07, 6.45) is 4.00. The Bertz CT molecular complexity index is 397. The second kappa shape index (κ2) is 6.53. The summed E-state index contributed by atoms with van der Waals surface area (Å²) in [5, 5.41) is 3.31. The maximum atomic E-state index is 5.78. The Morgan fingerprint density at radius 2 is 1.95 bits per heavy atom. The number of nitrogens with zero attached hydrogens (tertiary/aromatic N) is 3. The summed E-state index contributed by atoms with van der Waals surface area (Å²) in [5.41, 5.74) is 1.02. The van der Waals surface area contributed by atoms with Crippen LogP contribution in [-0.2, 0) is 12.3 Å². The average Bonchev–Trinajstić information content (AvgIpc) is 3.13. The number of thiazole rings is 1. The molecular weight excluding hydrogens is 278 g/mol. The molecule has 3 rings (SSSR count). The number of aromatic nitrogens is 1. The number of rotatable bonds is 6. The predicted molar refractivity (Wildman–Crippen MR) is 81.0 cm³/mol. The highest BCUT2D eigenvalue weighted by Gasteiger charge is 2.26. The first-order chi connectivity index (χ1) is 9.33. The number of hydrogen-bond donors (Lipinski definition) is 0. The lowest BCUT2D eigenvalue weighted by atomic mass is 10.2. The van der Waals surface area contributed by atoms with Gasteiger partial charge in [-0.1, -0.05) is 0 Å². The van der Waals surface area contributed by atoms with Crippen molar-refractivity contribution in [1.29, 1.82) is 0 Å². The van der Waals surface area contributed by atoms with Crippen LogP contribution in [0.3, 0.4) is 0 Å². The number of hydrogen-bond acceptors (Lipinski definition) is 4. The van der Waals surface area contributed by atoms with E-state index in [1.165, 1.54) is 50.6 Å². The maximum absolute atomic E-state index is 5.78. The van der Waals surface area contributed by atoms with Crippen LogP contribution in [0.4, 0.5) is 0 Å². The van der Waals surface area contributed by atoms with Gasteiger partial charge in [-0.2, -0.15) is 0 Å². The fourth-order valence-electron chi connectivity index (χ4n) is 2.64. The topological polar surface area (TPSA) is 19.4 Å². The van der Waals surface area contributed by atoms with Crippen molar-refractivity contribution in [2.45, 2.75) is 25.1 Å². The van der Waals surface area contributed by atoms with Gasteiger partial charge in [-0.25, -0.2) is 4.98 Å². The molecule has 19 heavy (non-hydrogen) atoms. The van der Waals surface area contributed by atoms with Crippen molar-refractivity contribution in [2.24, 2.45) is 5.92 Å². The zero-order valence-electron chi connectivity index (χ0n) is 11.4. The monoisotopic (exact) mass is 299 g/mol. The molecule has 2 heterocycles. The molecule has 0 N–H and O–H groups in total. The van der Waals surface area contributed by atoms with Crippen molar-refractivity contribution >= 4 is 22.9 Å². The molecule has 1 aromatic heterocycles. The van der Waals surface area contributed by atoms with Gasteiger partial charge in [0.2, 0.25) is 0 Å². The van der Waals surface area contributed by atoms with Gasteiger partial charge in [-0.05, 0) is 18.8 Å². The van der Waals surface area contributed by atoms with Gasteiger partial charge >= 0.3 is 0 Å². The third-order valence-electron chi connectivity index (χ3n) is 4.06. The van der Waals surface area contributed by atoms with E-state index in [0.29, 0.717) is 5.88 Å². The van der Waals surface area contributed by atoms with E-state index in [1.54, 1.807) is 11.3 Å². The summed E-state index contributed by atoms with van der Waals surface area (Å²) in [7, 11) is 0. The quantitative estimate of drug-likeness (QED) is 0.752. The van der Waals surface area contributed by atoms with Gasteiger partial charge in [0.05, 0.1) is 16.6 Å². The Labute approximate surface area is 124 Å². The van der Waals surface area contributed by atoms with Gasteiger partial charge in [0, 0.05) is 51.1 Å². The molecule has 0 aromatic carbocycles. The van der Waals surface area contributed by atoms with Gasteiger partial charge in [0.1, 0.15) is 0 Å². The van der Waals surface area contributed by atoms with E-state index >= 15 is 0 Å². The van der Waals surface area contributed by atoms with Crippen LogP contribution >= 0.6 is 22.9 Å². The molecule has 0 radical (unpaired) electrons. The zero-order chi connectivity index (χ0) is 13.1. The van der Waals surface area contributed by atoms with Crippen LogP contribution in [0.1, 0.15) is 23.5 Å². The smallest absolute Gasteiger partial charge is 0.0941 e. The van der Waals surface area contributed by atoms with E-state index in [-0.39, 0.29) is 0 Å². The van der Waals surface area contributed by atoms with Crippen LogP contribution in [0.5, 0.6) is 0 Å². The van der Waals surface area contributed by atoms with Gasteiger partial charge in [0.15, 0.2) is 0 Å². The Hall–Kier alpha value is -0.160. The molecule has 0 bridgehead atoms. The fraction of sp³-hybridized carbons (Fsp3) is 0.786. The van der Waals surface area contributed by atoms with Crippen LogP contribution in [0.25, 0.3) is 0 Å². The van der Waals surface area contributed by atoms with Gasteiger partial charge in [0.25, 0.3) is 0 Å². The molecule has 2 aliphatic rings. The number of alkyl halides is 1. The molecule has 0 amide bonds. The molecule has 106 valence electrons. The molecule has 0 spiro atoms. The van der Waals surface area contributed by atoms with Gasteiger partial charge < -0.3 is 9.80 Å². The van der Waals surface area contributed by atoms with E-state index < -0.39 is 0 Å². The zero-order valence-corrected chi connectivity index (χ0v) is 12.9. The maximum Gasteiger partial charge on any atom is 0.0941 e. The first-order valence-electron chi connectivity index (χ1n) is 7.27. The molecule has 3 nitrogen and oxygen atoms in total. The van der Waals surface area contributed by atoms with Crippen LogP contribution in [-0.4, -0.2) is 54.1 Å². The molecule has 0 atom stereocenters. The molecule has 1 saturated carbocycles. The predicted octanol–water partition coefficient (Wildman–Crippen LogP) is 2.45. The summed E-state index contributed by atoms with van der Waals surface area (Å²) < 4.78 is 0. The molecule has 5 heteroatoms. The van der Waals surface area contributed by atoms with E-state index in [2.05, 4.69) is 20.2 Å². The van der Waals surface area contributed by atoms with E-state index in [0.717, 1.165) is 24.6 Å². The minimum atomic E-state index is 0.538. The average molecular weight is 300 g/mol. The molecule has 1 aromatic rings. The summed E-state index contributed by atoms with van der Waals surface area (Å²) >= 11 is 7.53. The highest BCUT2D eigenvalue weighted by Crippen LogP contribution is 2.29. The van der Waals surface area contributed by atoms with Crippen LogP contribution in [0.2, 0.25) is 0 Å². The lowest BCUT2D eigenvalue weighted by molar-refractivity contribution is 0.129. The van der Waals surface area contributed by atoms with Crippen molar-refractivity contribution in [3.63, 3.8) is 0 Å². The largest absolute Gasteiger partial charge is 0.301 e. The van der Waals surface area contributed by atoms with Gasteiger partial charge in [-0.3, -0.25) is 0 Å². The van der Waals surface area contributed by atoms with Crippen LogP contribution < -0.4 is 0 Å². The SMILES string of the molecule is ClCc1csc(CCN2CCN(CC3CC3)CC2)n1. The minimum absolute atomic E-state index is 0.538. The first-order valence-corrected chi connectivity index (χ1v) is 8.69. The standard InChI is InChI=1S/C14H22ClN3S/c15-9-13-11-19-14(16-13)3-4-17-5-7-18(8-6-17)10-12-1-2-12/h11-12H,1-10H2. The Morgan fingerprint density at radius 3 is 2.58 bits per heavy atom. The summed E-state index contributed by atoms with van der Waals surface area (Å²) in [6.45, 7) is 7.44. The first kappa shape index (κ1) is 13.8. The van der Waals surface area contributed by atoms with Crippen LogP contribution in [0, 0.1) is 5.92 Å². The third-order valence-corrected chi connectivity index (χ3v) is 5.29. The molecule has 1 aliphatic carbocycles. The number of piperazine rings is 1. The van der Waals surface area contributed by atoms with Crippen molar-refractivity contribution in [1.82, 2.24) is 14.8 Å². The molecule has 1 saturated heterocycles. The third kappa shape index (κ3) is 4.15. The van der Waals surface area contributed by atoms with E-state index in [4.69, 9.17) is 11.6 Å². The summed E-state index contributed by atoms with van der Waals surface area (Å²) in [4.78, 5) is 9.74. The lowest BCUT2D eigenvalue weighted by Crippen LogP contribution is -2.47. The lowest BCUT2D eigenvalue weighted by Gasteiger charge is -2.34. The Kier molecular flexibility index (Phi) is 4.74. The summed E-state index contributed by atoms with van der Waals surface area (Å²) in [5.74, 6) is 1.56. The Morgan fingerprint density at radius 1 is 1.21 bits per heavy atom. The second-order valence-electron chi connectivity index (χ2n) is 5.70. The van der Waals surface area contributed by atoms with Crippen LogP contribution in [0.15, 0.2) is 5.38 Å². The van der Waals surface area contributed by atoms with Crippen molar-refractivity contribution in [3.8, 4) is 0 Å². The van der Waals surface area contributed by atoms with Crippen molar-refractivity contribution in [3.05, 3.63) is 16.1 Å². The minimum Gasteiger partial charge on any atom is -0.301 e. The molecule has 2 fully saturated rings. The van der Waals surface area contributed by atoms with Gasteiger partial charge in [-0.15, -0.1) is 22.9 Å². The molecule has 0 unspecified atom stereocenters. The number of halogens is 1. The highest BCUT2D eigenvalue weighted by atomic mass is 35.5. The summed E-state index contributed by atoms with van der Waals surface area (Å²) in [6, 6.07) is 0. The van der Waals surface area contributed by atoms with E-state index in [9.17, 15) is 0 Å². The van der Waals surface area contributed by atoms with E-state index in [1.807, 2.05) is 0 Å². The molecular formula is C14H22ClN3S. The van der Waals surface area contributed by atoms with Crippen molar-refractivity contribution in [2.75, 3.05) is 39.3 Å². The Balaban J connectivity index is 1.37. The second-order valence-corrected chi connectivity index (χ2v) is 6.91. The van der Waals surface area contributed by atoms with Crippen molar-refractivity contribution < 1.29 is 0 Å².